The molecular formula is C11H11BrClNO3. The maximum absolute atomic E-state index is 10.9. The van der Waals surface area contributed by atoms with Crippen molar-refractivity contribution in [3.8, 4) is 0 Å². The fraction of sp³-hybridized carbons (Fsp3) is 0.364. The van der Waals surface area contributed by atoms with Gasteiger partial charge in [-0.25, -0.2) is 4.79 Å². The molecule has 1 fully saturated rings. The smallest absolute Gasteiger partial charge is 0.407 e. The van der Waals surface area contributed by atoms with E-state index in [1.54, 1.807) is 6.07 Å². The van der Waals surface area contributed by atoms with Gasteiger partial charge in [0.15, 0.2) is 0 Å². The average Bonchev–Trinajstić information content (AvgIpc) is 2.29. The Hall–Kier alpha value is -0.780. The summed E-state index contributed by atoms with van der Waals surface area (Å²) in [5.74, 6) is 0. The quantitative estimate of drug-likeness (QED) is 0.865. The Labute approximate surface area is 112 Å². The minimum Gasteiger partial charge on any atom is -0.465 e. The molecule has 0 unspecified atom stereocenters. The Kier molecular flexibility index (Phi) is 3.91. The molecule has 0 radical (unpaired) electrons. The number of hydrogen-bond acceptors (Lipinski definition) is 2. The molecule has 4 nitrogen and oxygen atoms in total. The topological polar surface area (TPSA) is 49.8 Å². The third kappa shape index (κ3) is 2.91. The van der Waals surface area contributed by atoms with Gasteiger partial charge in [-0.2, -0.15) is 0 Å². The van der Waals surface area contributed by atoms with Crippen molar-refractivity contribution in [3.63, 3.8) is 0 Å². The molecule has 0 saturated carbocycles. The van der Waals surface area contributed by atoms with Gasteiger partial charge in [-0.05, 0) is 12.1 Å². The monoisotopic (exact) mass is 319 g/mol. The van der Waals surface area contributed by atoms with Gasteiger partial charge in [0, 0.05) is 21.6 Å². The van der Waals surface area contributed by atoms with Gasteiger partial charge in [0.05, 0.1) is 13.2 Å². The lowest BCUT2D eigenvalue weighted by molar-refractivity contribution is -0.0231. The van der Waals surface area contributed by atoms with Crippen molar-refractivity contribution in [2.75, 3.05) is 19.7 Å². The fourth-order valence-corrected chi connectivity index (χ4v) is 2.57. The first kappa shape index (κ1) is 12.7. The molecule has 1 aromatic rings. The molecule has 1 saturated heterocycles. The van der Waals surface area contributed by atoms with Crippen LogP contribution in [0.2, 0.25) is 5.02 Å². The number of carboxylic acid groups (broad SMARTS) is 1. The zero-order valence-corrected chi connectivity index (χ0v) is 11.2. The van der Waals surface area contributed by atoms with Crippen molar-refractivity contribution >= 4 is 33.6 Å². The summed E-state index contributed by atoms with van der Waals surface area (Å²) in [5.41, 5.74) is 0.820. The molecule has 92 valence electrons. The first-order valence-electron chi connectivity index (χ1n) is 5.12. The number of rotatable bonds is 1. The Bertz CT molecular complexity index is 441. The molecular weight excluding hydrogens is 309 g/mol. The van der Waals surface area contributed by atoms with Crippen LogP contribution in [0.3, 0.4) is 0 Å². The van der Waals surface area contributed by atoms with Gasteiger partial charge >= 0.3 is 6.09 Å². The van der Waals surface area contributed by atoms with Crippen molar-refractivity contribution in [3.05, 3.63) is 33.3 Å². The zero-order valence-electron chi connectivity index (χ0n) is 8.90. The highest BCUT2D eigenvalue weighted by molar-refractivity contribution is 9.10. The molecule has 1 heterocycles. The maximum atomic E-state index is 10.9. The van der Waals surface area contributed by atoms with Gasteiger partial charge < -0.3 is 14.7 Å². The molecule has 1 amide bonds. The van der Waals surface area contributed by atoms with Crippen LogP contribution in [-0.4, -0.2) is 35.8 Å². The molecule has 1 atom stereocenters. The molecule has 0 bridgehead atoms. The van der Waals surface area contributed by atoms with E-state index in [1.165, 1.54) is 4.90 Å². The van der Waals surface area contributed by atoms with Crippen molar-refractivity contribution in [1.82, 2.24) is 4.90 Å². The minimum atomic E-state index is -0.925. The van der Waals surface area contributed by atoms with Crippen LogP contribution in [0, 0.1) is 0 Å². The molecule has 0 spiro atoms. The van der Waals surface area contributed by atoms with E-state index >= 15 is 0 Å². The number of halogens is 2. The number of benzene rings is 1. The SMILES string of the molecule is O=C(O)N1CCO[C@@H](c2ccc(Br)cc2Cl)C1. The van der Waals surface area contributed by atoms with E-state index in [9.17, 15) is 4.79 Å². The van der Waals surface area contributed by atoms with E-state index in [-0.39, 0.29) is 6.10 Å². The van der Waals surface area contributed by atoms with Gasteiger partial charge in [-0.1, -0.05) is 33.6 Å². The molecule has 6 heteroatoms. The molecule has 17 heavy (non-hydrogen) atoms. The fourth-order valence-electron chi connectivity index (χ4n) is 1.77. The van der Waals surface area contributed by atoms with Crippen LogP contribution in [0.5, 0.6) is 0 Å². The van der Waals surface area contributed by atoms with Gasteiger partial charge in [0.2, 0.25) is 0 Å². The zero-order chi connectivity index (χ0) is 12.4. The van der Waals surface area contributed by atoms with Crippen molar-refractivity contribution in [1.29, 1.82) is 0 Å². The van der Waals surface area contributed by atoms with Crippen molar-refractivity contribution in [2.24, 2.45) is 0 Å². The third-order valence-electron chi connectivity index (χ3n) is 2.65. The number of hydrogen-bond donors (Lipinski definition) is 1. The summed E-state index contributed by atoms with van der Waals surface area (Å²) in [6.45, 7) is 1.11. The van der Waals surface area contributed by atoms with E-state index in [0.29, 0.717) is 24.7 Å². The van der Waals surface area contributed by atoms with Gasteiger partial charge in [0.1, 0.15) is 6.10 Å². The first-order valence-corrected chi connectivity index (χ1v) is 6.29. The van der Waals surface area contributed by atoms with Crippen molar-refractivity contribution < 1.29 is 14.6 Å². The number of nitrogens with zero attached hydrogens (tertiary/aromatic N) is 1. The lowest BCUT2D eigenvalue weighted by atomic mass is 10.1. The standard InChI is InChI=1S/C11H11BrClNO3/c12-7-1-2-8(9(13)5-7)10-6-14(11(15)16)3-4-17-10/h1-2,5,10H,3-4,6H2,(H,15,16)/t10-/m1/s1. The van der Waals surface area contributed by atoms with E-state index in [4.69, 9.17) is 21.4 Å². The van der Waals surface area contributed by atoms with E-state index in [1.807, 2.05) is 12.1 Å². The second-order valence-electron chi connectivity index (χ2n) is 3.75. The maximum Gasteiger partial charge on any atom is 0.407 e. The van der Waals surface area contributed by atoms with Gasteiger partial charge in [-0.15, -0.1) is 0 Å². The summed E-state index contributed by atoms with van der Waals surface area (Å²) in [6, 6.07) is 5.49. The molecule has 2 rings (SSSR count). The summed E-state index contributed by atoms with van der Waals surface area (Å²) >= 11 is 9.44. The van der Waals surface area contributed by atoms with Crippen LogP contribution in [0.25, 0.3) is 0 Å². The second kappa shape index (κ2) is 5.25. The van der Waals surface area contributed by atoms with Crippen LogP contribution in [-0.2, 0) is 4.74 Å². The molecule has 1 aliphatic heterocycles. The highest BCUT2D eigenvalue weighted by Crippen LogP contribution is 2.30. The van der Waals surface area contributed by atoms with Crippen molar-refractivity contribution in [2.45, 2.75) is 6.10 Å². The molecule has 0 aromatic heterocycles. The average molecular weight is 321 g/mol. The van der Waals surface area contributed by atoms with Crippen LogP contribution in [0.1, 0.15) is 11.7 Å². The molecule has 1 N–H and O–H groups in total. The predicted molar refractivity (Wildman–Crippen MR) is 67.4 cm³/mol. The minimum absolute atomic E-state index is 0.291. The van der Waals surface area contributed by atoms with Crippen LogP contribution in [0.15, 0.2) is 22.7 Å². The summed E-state index contributed by atoms with van der Waals surface area (Å²) < 4.78 is 6.45. The summed E-state index contributed by atoms with van der Waals surface area (Å²) in [6.07, 6.45) is -1.22. The Morgan fingerprint density at radius 1 is 1.59 bits per heavy atom. The number of ether oxygens (including phenoxy) is 1. The van der Waals surface area contributed by atoms with Crippen LogP contribution < -0.4 is 0 Å². The molecule has 1 aromatic carbocycles. The van der Waals surface area contributed by atoms with E-state index in [0.717, 1.165) is 10.0 Å². The lowest BCUT2D eigenvalue weighted by Crippen LogP contribution is -2.41. The Morgan fingerprint density at radius 3 is 3.00 bits per heavy atom. The van der Waals surface area contributed by atoms with Crippen LogP contribution in [0.4, 0.5) is 4.79 Å². The van der Waals surface area contributed by atoms with Gasteiger partial charge in [-0.3, -0.25) is 0 Å². The second-order valence-corrected chi connectivity index (χ2v) is 5.08. The third-order valence-corrected chi connectivity index (χ3v) is 3.47. The highest BCUT2D eigenvalue weighted by Gasteiger charge is 2.26. The highest BCUT2D eigenvalue weighted by atomic mass is 79.9. The van der Waals surface area contributed by atoms with E-state index < -0.39 is 6.09 Å². The normalized spacial score (nSPS) is 20.4. The number of carbonyl (C=O) groups is 1. The Morgan fingerprint density at radius 2 is 2.35 bits per heavy atom. The largest absolute Gasteiger partial charge is 0.465 e. The van der Waals surface area contributed by atoms with E-state index in [2.05, 4.69) is 15.9 Å². The number of morpholine rings is 1. The predicted octanol–water partition coefficient (Wildman–Crippen LogP) is 3.15. The molecule has 0 aliphatic carbocycles. The van der Waals surface area contributed by atoms with Crippen LogP contribution >= 0.6 is 27.5 Å². The first-order chi connectivity index (χ1) is 8.08. The van der Waals surface area contributed by atoms with Gasteiger partial charge in [0.25, 0.3) is 0 Å². The summed E-state index contributed by atoms with van der Waals surface area (Å²) in [4.78, 5) is 12.2. The summed E-state index contributed by atoms with van der Waals surface area (Å²) in [7, 11) is 0. The Balaban J connectivity index is 2.19. The summed E-state index contributed by atoms with van der Waals surface area (Å²) in [5, 5.41) is 9.53. The number of amides is 1. The molecule has 1 aliphatic rings. The lowest BCUT2D eigenvalue weighted by Gasteiger charge is -2.31.